The maximum atomic E-state index is 12.8. The molecule has 0 aliphatic rings. The van der Waals surface area contributed by atoms with Crippen molar-refractivity contribution in [1.82, 2.24) is 0 Å². The monoisotopic (exact) mass is 336 g/mol. The van der Waals surface area contributed by atoms with Gasteiger partial charge in [0.25, 0.3) is 9.84 Å². The van der Waals surface area contributed by atoms with Crippen molar-refractivity contribution in [3.63, 3.8) is 0 Å². The number of nitrogens with one attached hydrogen (secondary N) is 1. The zero-order valence-corrected chi connectivity index (χ0v) is 12.9. The van der Waals surface area contributed by atoms with Gasteiger partial charge >= 0.3 is 5.03 Å². The van der Waals surface area contributed by atoms with E-state index in [0.717, 1.165) is 23.9 Å². The highest BCUT2D eigenvalue weighted by atomic mass is 32.2. The van der Waals surface area contributed by atoms with Crippen molar-refractivity contribution in [1.29, 1.82) is 0 Å². The largest absolute Gasteiger partial charge is 0.379 e. The Hall–Kier alpha value is -2.74. The van der Waals surface area contributed by atoms with Gasteiger partial charge in [0.1, 0.15) is 5.82 Å². The molecule has 0 radical (unpaired) electrons. The summed E-state index contributed by atoms with van der Waals surface area (Å²) in [6.45, 7) is 1.77. The quantitative estimate of drug-likeness (QED) is 0.669. The Kier molecular flexibility index (Phi) is 4.75. The Bertz CT molecular complexity index is 844. The molecule has 0 aliphatic carbocycles. The maximum absolute atomic E-state index is 12.8. The number of nitro groups is 1. The van der Waals surface area contributed by atoms with Crippen LogP contribution in [0.15, 0.2) is 64.7 Å². The van der Waals surface area contributed by atoms with Gasteiger partial charge in [0.15, 0.2) is 0 Å². The molecular formula is C15H13FN2O4S. The average molecular weight is 336 g/mol. The first-order valence-corrected chi connectivity index (χ1v) is 7.97. The smallest absolute Gasteiger partial charge is 0.355 e. The molecule has 0 bridgehead atoms. The number of anilines is 1. The average Bonchev–Trinajstić information content (AvgIpc) is 2.49. The molecule has 0 fully saturated rings. The molecule has 6 nitrogen and oxygen atoms in total. The molecule has 0 unspecified atom stereocenters. The lowest BCUT2D eigenvalue weighted by Gasteiger charge is -2.04. The van der Waals surface area contributed by atoms with Gasteiger partial charge in [0.05, 0.1) is 16.0 Å². The Labute approximate surface area is 132 Å². The van der Waals surface area contributed by atoms with Gasteiger partial charge in [-0.3, -0.25) is 10.1 Å². The van der Waals surface area contributed by atoms with Crippen LogP contribution in [-0.4, -0.2) is 13.3 Å². The maximum Gasteiger partial charge on any atom is 0.379 e. The zero-order chi connectivity index (χ0) is 17.0. The molecule has 1 N–H and O–H groups in total. The third kappa shape index (κ3) is 3.92. The Morgan fingerprint density at radius 3 is 2.22 bits per heavy atom. The van der Waals surface area contributed by atoms with Crippen molar-refractivity contribution < 1.29 is 17.7 Å². The highest BCUT2D eigenvalue weighted by molar-refractivity contribution is 7.95. The predicted octanol–water partition coefficient (Wildman–Crippen LogP) is 3.10. The number of hydrogen-bond donors (Lipinski definition) is 1. The topological polar surface area (TPSA) is 89.3 Å². The summed E-state index contributed by atoms with van der Waals surface area (Å²) in [7, 11) is -4.27. The number of sulfone groups is 1. The van der Waals surface area contributed by atoms with Crippen LogP contribution in [0.2, 0.25) is 0 Å². The van der Waals surface area contributed by atoms with E-state index in [2.05, 4.69) is 5.32 Å². The third-order valence-corrected chi connectivity index (χ3v) is 4.70. The second kappa shape index (κ2) is 6.57. The van der Waals surface area contributed by atoms with E-state index in [0.29, 0.717) is 5.69 Å². The van der Waals surface area contributed by atoms with E-state index >= 15 is 0 Å². The molecule has 0 heterocycles. The first-order chi connectivity index (χ1) is 10.8. The minimum Gasteiger partial charge on any atom is -0.355 e. The molecule has 0 aliphatic heterocycles. The van der Waals surface area contributed by atoms with Crippen molar-refractivity contribution >= 4 is 15.5 Å². The van der Waals surface area contributed by atoms with Crippen molar-refractivity contribution in [3.05, 3.63) is 81.3 Å². The molecule has 120 valence electrons. The molecule has 2 aromatic carbocycles. The Morgan fingerprint density at radius 1 is 1.13 bits per heavy atom. The number of aryl methyl sites for hydroxylation is 1. The summed E-state index contributed by atoms with van der Waals surface area (Å²) in [6.07, 6.45) is 0.780. The van der Waals surface area contributed by atoms with Gasteiger partial charge in [-0.1, -0.05) is 17.7 Å². The number of benzene rings is 2. The summed E-state index contributed by atoms with van der Waals surface area (Å²) in [5.41, 5.74) is 1.16. The number of halogens is 1. The van der Waals surface area contributed by atoms with E-state index in [-0.39, 0.29) is 4.90 Å². The summed E-state index contributed by atoms with van der Waals surface area (Å²) >= 11 is 0. The van der Waals surface area contributed by atoms with Gasteiger partial charge in [0, 0.05) is 5.69 Å². The second-order valence-corrected chi connectivity index (χ2v) is 6.60. The van der Waals surface area contributed by atoms with E-state index in [1.165, 1.54) is 24.3 Å². The lowest BCUT2D eigenvalue weighted by atomic mass is 10.2. The predicted molar refractivity (Wildman–Crippen MR) is 83.5 cm³/mol. The van der Waals surface area contributed by atoms with Crippen molar-refractivity contribution in [3.8, 4) is 0 Å². The highest BCUT2D eigenvalue weighted by Gasteiger charge is 2.31. The fourth-order valence-corrected chi connectivity index (χ4v) is 2.90. The van der Waals surface area contributed by atoms with Gasteiger partial charge in [-0.25, -0.2) is 12.8 Å². The van der Waals surface area contributed by atoms with Crippen LogP contribution in [-0.2, 0) is 9.84 Å². The molecule has 8 heteroatoms. The van der Waals surface area contributed by atoms with Crippen molar-refractivity contribution in [2.24, 2.45) is 0 Å². The van der Waals surface area contributed by atoms with Crippen molar-refractivity contribution in [2.75, 3.05) is 5.32 Å². The molecular weight excluding hydrogens is 323 g/mol. The third-order valence-electron chi connectivity index (χ3n) is 2.99. The zero-order valence-electron chi connectivity index (χ0n) is 12.1. The van der Waals surface area contributed by atoms with Crippen LogP contribution in [0.4, 0.5) is 10.1 Å². The van der Waals surface area contributed by atoms with Crippen LogP contribution >= 0.6 is 0 Å². The molecule has 0 saturated heterocycles. The first kappa shape index (κ1) is 16.6. The van der Waals surface area contributed by atoms with Crippen LogP contribution in [0.25, 0.3) is 0 Å². The fourth-order valence-electron chi connectivity index (χ4n) is 1.76. The van der Waals surface area contributed by atoms with E-state index in [9.17, 15) is 22.9 Å². The standard InChI is InChI=1S/C15H13FN2O4S/c1-11-2-8-14(9-3-11)23(21,22)15(18(19)20)10-17-13-6-4-12(16)5-7-13/h2-10,17H,1H3. The fraction of sp³-hybridized carbons (Fsp3) is 0.0667. The minimum atomic E-state index is -4.27. The highest BCUT2D eigenvalue weighted by Crippen LogP contribution is 2.20. The summed E-state index contributed by atoms with van der Waals surface area (Å²) in [6, 6.07) is 10.7. The van der Waals surface area contributed by atoms with Crippen LogP contribution in [0.1, 0.15) is 5.56 Å². The van der Waals surface area contributed by atoms with E-state index < -0.39 is 25.6 Å². The Balaban J connectivity index is 2.37. The number of nitrogens with zero attached hydrogens (tertiary/aromatic N) is 1. The van der Waals surface area contributed by atoms with E-state index in [1.807, 2.05) is 0 Å². The molecule has 0 saturated carbocycles. The summed E-state index contributed by atoms with van der Waals surface area (Å²) in [5, 5.41) is 12.6. The van der Waals surface area contributed by atoms with E-state index in [1.54, 1.807) is 19.1 Å². The molecule has 2 rings (SSSR count). The minimum absolute atomic E-state index is 0.174. The van der Waals surface area contributed by atoms with E-state index in [4.69, 9.17) is 0 Å². The van der Waals surface area contributed by atoms with Gasteiger partial charge in [0.2, 0.25) is 0 Å². The number of rotatable bonds is 5. The molecule has 0 atom stereocenters. The van der Waals surface area contributed by atoms with Gasteiger partial charge in [-0.2, -0.15) is 0 Å². The SMILES string of the molecule is Cc1ccc(S(=O)(=O)C(=CNc2ccc(F)cc2)[N+](=O)[O-])cc1. The molecule has 23 heavy (non-hydrogen) atoms. The lowest BCUT2D eigenvalue weighted by Crippen LogP contribution is -2.14. The van der Waals surface area contributed by atoms with Gasteiger partial charge in [-0.05, 0) is 43.3 Å². The summed E-state index contributed by atoms with van der Waals surface area (Å²) < 4.78 is 37.5. The first-order valence-electron chi connectivity index (χ1n) is 6.49. The molecule has 0 spiro atoms. The van der Waals surface area contributed by atoms with Crippen molar-refractivity contribution in [2.45, 2.75) is 11.8 Å². The molecule has 2 aromatic rings. The van der Waals surface area contributed by atoms with Gasteiger partial charge in [-0.15, -0.1) is 0 Å². The second-order valence-electron chi connectivity index (χ2n) is 4.71. The lowest BCUT2D eigenvalue weighted by molar-refractivity contribution is -0.411. The Morgan fingerprint density at radius 2 is 1.70 bits per heavy atom. The molecule has 0 amide bonds. The van der Waals surface area contributed by atoms with Crippen LogP contribution in [0.5, 0.6) is 0 Å². The van der Waals surface area contributed by atoms with Crippen LogP contribution in [0, 0.1) is 22.9 Å². The van der Waals surface area contributed by atoms with Crippen LogP contribution < -0.4 is 5.32 Å². The number of hydrogen-bond acceptors (Lipinski definition) is 5. The normalized spacial score (nSPS) is 12.0. The summed E-state index contributed by atoms with van der Waals surface area (Å²) in [4.78, 5) is 9.97. The van der Waals surface area contributed by atoms with Crippen LogP contribution in [0.3, 0.4) is 0 Å². The summed E-state index contributed by atoms with van der Waals surface area (Å²) in [5.74, 6) is -0.471. The van der Waals surface area contributed by atoms with Gasteiger partial charge < -0.3 is 5.32 Å². The molecule has 0 aromatic heterocycles.